The molecule has 1 atom stereocenters. The van der Waals surface area contributed by atoms with Gasteiger partial charge in [-0.05, 0) is 81.3 Å². The summed E-state index contributed by atoms with van der Waals surface area (Å²) in [7, 11) is 0. The van der Waals surface area contributed by atoms with Gasteiger partial charge in [-0.2, -0.15) is 0 Å². The summed E-state index contributed by atoms with van der Waals surface area (Å²) in [6.07, 6.45) is 4.54. The molecule has 1 amide bonds. The number of amides is 1. The zero-order valence-electron chi connectivity index (χ0n) is 17.6. The Morgan fingerprint density at radius 2 is 1.83 bits per heavy atom. The predicted octanol–water partition coefficient (Wildman–Crippen LogP) is 4.32. The van der Waals surface area contributed by atoms with Crippen LogP contribution in [0, 0.1) is 5.41 Å². The number of nitrogens with zero attached hydrogens (tertiary/aromatic N) is 1. The summed E-state index contributed by atoms with van der Waals surface area (Å²) in [5.41, 5.74) is 4.55. The molecule has 4 heteroatoms. The highest BCUT2D eigenvalue weighted by molar-refractivity contribution is 5.94. The maximum absolute atomic E-state index is 12.7. The number of hydrogen-bond donors (Lipinski definition) is 2. The smallest absolute Gasteiger partial charge is 0.253 e. The predicted molar refractivity (Wildman–Crippen MR) is 117 cm³/mol. The summed E-state index contributed by atoms with van der Waals surface area (Å²) in [6, 6.07) is 14.2. The minimum absolute atomic E-state index is 0.0179. The van der Waals surface area contributed by atoms with Crippen LogP contribution in [0.1, 0.15) is 66.1 Å². The standard InChI is InChI=1S/C25H32N2O2/c1-3-27(4-2)24(29)18-9-10-21(23(28)15-18)22-17-25(11-13-26-14-12-25)16-19-7-5-6-8-20(19)22/h5-10,15,22,26,28H,3-4,11-14,16-17H2,1-2H3. The van der Waals surface area contributed by atoms with E-state index < -0.39 is 0 Å². The quantitative estimate of drug-likeness (QED) is 0.815. The number of fused-ring (bicyclic) bond motifs is 1. The van der Waals surface area contributed by atoms with Gasteiger partial charge in [-0.15, -0.1) is 0 Å². The van der Waals surface area contributed by atoms with E-state index in [2.05, 4.69) is 29.6 Å². The maximum atomic E-state index is 12.7. The van der Waals surface area contributed by atoms with Crippen molar-refractivity contribution in [3.63, 3.8) is 0 Å². The van der Waals surface area contributed by atoms with Gasteiger partial charge < -0.3 is 15.3 Å². The Morgan fingerprint density at radius 1 is 1.10 bits per heavy atom. The molecule has 1 unspecified atom stereocenters. The van der Waals surface area contributed by atoms with Gasteiger partial charge in [0.15, 0.2) is 0 Å². The molecule has 4 nitrogen and oxygen atoms in total. The van der Waals surface area contributed by atoms with E-state index in [9.17, 15) is 9.90 Å². The van der Waals surface area contributed by atoms with Crippen LogP contribution in [0.25, 0.3) is 0 Å². The first-order chi connectivity index (χ1) is 14.1. The Morgan fingerprint density at radius 3 is 2.52 bits per heavy atom. The van der Waals surface area contributed by atoms with E-state index in [0.717, 1.165) is 31.5 Å². The van der Waals surface area contributed by atoms with Crippen LogP contribution >= 0.6 is 0 Å². The van der Waals surface area contributed by atoms with Crippen LogP contribution in [0.4, 0.5) is 0 Å². The molecule has 0 saturated carbocycles. The average Bonchev–Trinajstić information content (AvgIpc) is 2.74. The molecule has 29 heavy (non-hydrogen) atoms. The number of benzene rings is 2. The first kappa shape index (κ1) is 20.0. The van der Waals surface area contributed by atoms with Gasteiger partial charge in [0.25, 0.3) is 5.91 Å². The monoisotopic (exact) mass is 392 g/mol. The molecule has 2 aromatic carbocycles. The molecule has 2 aliphatic rings. The summed E-state index contributed by atoms with van der Waals surface area (Å²) < 4.78 is 0. The van der Waals surface area contributed by atoms with Crippen molar-refractivity contribution in [2.24, 2.45) is 5.41 Å². The minimum Gasteiger partial charge on any atom is -0.508 e. The molecule has 0 bridgehead atoms. The third-order valence-corrected chi connectivity index (χ3v) is 7.00. The van der Waals surface area contributed by atoms with Gasteiger partial charge in [0.1, 0.15) is 5.75 Å². The Kier molecular flexibility index (Phi) is 5.64. The van der Waals surface area contributed by atoms with Crippen molar-refractivity contribution in [2.75, 3.05) is 26.2 Å². The molecule has 1 heterocycles. The third kappa shape index (κ3) is 3.78. The normalized spacial score (nSPS) is 20.3. The van der Waals surface area contributed by atoms with E-state index >= 15 is 0 Å². The van der Waals surface area contributed by atoms with Crippen LogP contribution in [0.15, 0.2) is 42.5 Å². The second-order valence-electron chi connectivity index (χ2n) is 8.63. The van der Waals surface area contributed by atoms with Gasteiger partial charge in [0.2, 0.25) is 0 Å². The number of carbonyl (C=O) groups is 1. The van der Waals surface area contributed by atoms with Crippen LogP contribution in [0.3, 0.4) is 0 Å². The first-order valence-electron chi connectivity index (χ1n) is 11.0. The van der Waals surface area contributed by atoms with Crippen molar-refractivity contribution in [3.05, 3.63) is 64.7 Å². The summed E-state index contributed by atoms with van der Waals surface area (Å²) >= 11 is 0. The summed E-state index contributed by atoms with van der Waals surface area (Å²) in [4.78, 5) is 14.5. The Labute approximate surface area is 173 Å². The van der Waals surface area contributed by atoms with Gasteiger partial charge in [0, 0.05) is 30.1 Å². The van der Waals surface area contributed by atoms with E-state index in [0.29, 0.717) is 24.1 Å². The van der Waals surface area contributed by atoms with Gasteiger partial charge in [-0.25, -0.2) is 0 Å². The van der Waals surface area contributed by atoms with Gasteiger partial charge in [-0.1, -0.05) is 30.3 Å². The molecule has 1 aliphatic heterocycles. The molecule has 1 aliphatic carbocycles. The van der Waals surface area contributed by atoms with Crippen LogP contribution in [0.2, 0.25) is 0 Å². The van der Waals surface area contributed by atoms with Crippen LogP contribution in [0.5, 0.6) is 5.75 Å². The average molecular weight is 393 g/mol. The Bertz CT molecular complexity index is 882. The van der Waals surface area contributed by atoms with Crippen molar-refractivity contribution in [1.82, 2.24) is 10.2 Å². The van der Waals surface area contributed by atoms with Crippen LogP contribution in [-0.2, 0) is 6.42 Å². The van der Waals surface area contributed by atoms with E-state index in [1.165, 1.54) is 24.0 Å². The lowest BCUT2D eigenvalue weighted by Crippen LogP contribution is -2.41. The number of carbonyl (C=O) groups excluding carboxylic acids is 1. The van der Waals surface area contributed by atoms with E-state index in [-0.39, 0.29) is 17.6 Å². The fraction of sp³-hybridized carbons (Fsp3) is 0.480. The SMILES string of the molecule is CCN(CC)C(=O)c1ccc(C2CC3(CCNCC3)Cc3ccccc32)c(O)c1. The molecular weight excluding hydrogens is 360 g/mol. The zero-order chi connectivity index (χ0) is 20.4. The van der Waals surface area contributed by atoms with Crippen LogP contribution < -0.4 is 5.32 Å². The van der Waals surface area contributed by atoms with Crippen molar-refractivity contribution >= 4 is 5.91 Å². The number of aromatic hydroxyl groups is 1. The molecular formula is C25H32N2O2. The minimum atomic E-state index is -0.0179. The maximum Gasteiger partial charge on any atom is 0.253 e. The highest BCUT2D eigenvalue weighted by atomic mass is 16.3. The van der Waals surface area contributed by atoms with Gasteiger partial charge in [0.05, 0.1) is 0 Å². The zero-order valence-corrected chi connectivity index (χ0v) is 17.6. The second-order valence-corrected chi connectivity index (χ2v) is 8.63. The number of hydrogen-bond acceptors (Lipinski definition) is 3. The molecule has 4 rings (SSSR count). The number of nitrogens with one attached hydrogen (secondary N) is 1. The largest absolute Gasteiger partial charge is 0.508 e. The lowest BCUT2D eigenvalue weighted by atomic mass is 9.61. The van der Waals surface area contributed by atoms with Crippen LogP contribution in [-0.4, -0.2) is 42.1 Å². The molecule has 2 aromatic rings. The highest BCUT2D eigenvalue weighted by Gasteiger charge is 2.40. The van der Waals surface area contributed by atoms with E-state index in [1.807, 2.05) is 26.0 Å². The summed E-state index contributed by atoms with van der Waals surface area (Å²) in [5.74, 6) is 0.403. The lowest BCUT2D eigenvalue weighted by molar-refractivity contribution is 0.0772. The highest BCUT2D eigenvalue weighted by Crippen LogP contribution is 2.51. The molecule has 1 fully saturated rings. The summed E-state index contributed by atoms with van der Waals surface area (Å²) in [6.45, 7) is 7.44. The molecule has 1 spiro atoms. The fourth-order valence-corrected chi connectivity index (χ4v) is 5.33. The van der Waals surface area contributed by atoms with Crippen molar-refractivity contribution in [1.29, 1.82) is 0 Å². The molecule has 0 radical (unpaired) electrons. The topological polar surface area (TPSA) is 52.6 Å². The summed E-state index contributed by atoms with van der Waals surface area (Å²) in [5, 5.41) is 14.4. The molecule has 1 saturated heterocycles. The number of phenolic OH excluding ortho intramolecular Hbond substituents is 1. The molecule has 0 aromatic heterocycles. The number of phenols is 1. The van der Waals surface area contributed by atoms with E-state index in [1.54, 1.807) is 11.0 Å². The Balaban J connectivity index is 1.70. The van der Waals surface area contributed by atoms with Crippen molar-refractivity contribution in [2.45, 2.75) is 45.4 Å². The molecule has 2 N–H and O–H groups in total. The number of rotatable bonds is 4. The third-order valence-electron chi connectivity index (χ3n) is 7.00. The van der Waals surface area contributed by atoms with Gasteiger partial charge >= 0.3 is 0 Å². The van der Waals surface area contributed by atoms with Gasteiger partial charge in [-0.3, -0.25) is 4.79 Å². The number of piperidine rings is 1. The van der Waals surface area contributed by atoms with E-state index in [4.69, 9.17) is 0 Å². The van der Waals surface area contributed by atoms with Crippen molar-refractivity contribution < 1.29 is 9.90 Å². The second kappa shape index (κ2) is 8.19. The lowest BCUT2D eigenvalue weighted by Gasteiger charge is -2.45. The van der Waals surface area contributed by atoms with Crippen molar-refractivity contribution in [3.8, 4) is 5.75 Å². The Hall–Kier alpha value is -2.33. The fourth-order valence-electron chi connectivity index (χ4n) is 5.33. The first-order valence-corrected chi connectivity index (χ1v) is 11.0. The molecule has 154 valence electrons.